The van der Waals surface area contributed by atoms with E-state index in [2.05, 4.69) is 44.1 Å². The predicted molar refractivity (Wildman–Crippen MR) is 72.2 cm³/mol. The third kappa shape index (κ3) is 2.20. The molecule has 3 heteroatoms. The third-order valence-electron chi connectivity index (χ3n) is 3.06. The summed E-state index contributed by atoms with van der Waals surface area (Å²) in [7, 11) is 2.00. The maximum Gasteiger partial charge on any atom is 0.0756 e. The van der Waals surface area contributed by atoms with Crippen LogP contribution in [-0.4, -0.2) is 16.3 Å². The standard InChI is InChI=1S/C14H21N3/c1-14(2,3)13-11-9-10(7-8-15)5-6-12(11)17(4)16-13/h5-6,9H,7-8,15H2,1-4H3. The molecule has 0 atom stereocenters. The van der Waals surface area contributed by atoms with Crippen LogP contribution >= 0.6 is 0 Å². The molecule has 1 aromatic heterocycles. The maximum atomic E-state index is 5.61. The van der Waals surface area contributed by atoms with E-state index in [4.69, 9.17) is 5.73 Å². The highest BCUT2D eigenvalue weighted by molar-refractivity contribution is 5.83. The van der Waals surface area contributed by atoms with Crippen LogP contribution in [0.15, 0.2) is 18.2 Å². The molecule has 0 unspecified atom stereocenters. The van der Waals surface area contributed by atoms with Crippen molar-refractivity contribution in [3.63, 3.8) is 0 Å². The van der Waals surface area contributed by atoms with Gasteiger partial charge in [-0.15, -0.1) is 0 Å². The van der Waals surface area contributed by atoms with Crippen LogP contribution in [0.25, 0.3) is 10.9 Å². The molecule has 0 spiro atoms. The van der Waals surface area contributed by atoms with Crippen molar-refractivity contribution in [3.05, 3.63) is 29.5 Å². The molecule has 92 valence electrons. The summed E-state index contributed by atoms with van der Waals surface area (Å²) in [5, 5.41) is 5.90. The minimum atomic E-state index is 0.0703. The Labute approximate surface area is 103 Å². The van der Waals surface area contributed by atoms with Gasteiger partial charge in [0.25, 0.3) is 0 Å². The zero-order chi connectivity index (χ0) is 12.6. The molecule has 0 saturated carbocycles. The number of nitrogens with two attached hydrogens (primary N) is 1. The second kappa shape index (κ2) is 4.15. The molecular weight excluding hydrogens is 210 g/mol. The Morgan fingerprint density at radius 2 is 2.00 bits per heavy atom. The van der Waals surface area contributed by atoms with Gasteiger partial charge in [0.1, 0.15) is 0 Å². The quantitative estimate of drug-likeness (QED) is 0.862. The van der Waals surface area contributed by atoms with E-state index in [-0.39, 0.29) is 5.41 Å². The molecule has 0 saturated heterocycles. The molecule has 1 heterocycles. The van der Waals surface area contributed by atoms with Crippen LogP contribution in [0.1, 0.15) is 32.0 Å². The molecule has 2 aromatic rings. The van der Waals surface area contributed by atoms with Crippen LogP contribution in [0.3, 0.4) is 0 Å². The van der Waals surface area contributed by atoms with Crippen molar-refractivity contribution >= 4 is 10.9 Å². The van der Waals surface area contributed by atoms with Gasteiger partial charge in [-0.05, 0) is 30.7 Å². The van der Waals surface area contributed by atoms with Gasteiger partial charge in [0.15, 0.2) is 0 Å². The summed E-state index contributed by atoms with van der Waals surface area (Å²) >= 11 is 0. The summed E-state index contributed by atoms with van der Waals surface area (Å²) in [4.78, 5) is 0. The number of hydrogen-bond donors (Lipinski definition) is 1. The van der Waals surface area contributed by atoms with Crippen LogP contribution in [0.4, 0.5) is 0 Å². The molecule has 3 nitrogen and oxygen atoms in total. The zero-order valence-corrected chi connectivity index (χ0v) is 11.1. The monoisotopic (exact) mass is 231 g/mol. The second-order valence-electron chi connectivity index (χ2n) is 5.61. The first kappa shape index (κ1) is 12.1. The number of nitrogens with zero attached hydrogens (tertiary/aromatic N) is 2. The smallest absolute Gasteiger partial charge is 0.0756 e. The fourth-order valence-corrected chi connectivity index (χ4v) is 2.19. The van der Waals surface area contributed by atoms with E-state index < -0.39 is 0 Å². The van der Waals surface area contributed by atoms with Gasteiger partial charge in [0.2, 0.25) is 0 Å². The lowest BCUT2D eigenvalue weighted by molar-refractivity contribution is 0.558. The maximum absolute atomic E-state index is 5.61. The van der Waals surface area contributed by atoms with Crippen molar-refractivity contribution in [2.75, 3.05) is 6.54 Å². The van der Waals surface area contributed by atoms with Gasteiger partial charge in [0, 0.05) is 17.8 Å². The van der Waals surface area contributed by atoms with Crippen molar-refractivity contribution in [1.82, 2.24) is 9.78 Å². The summed E-state index contributed by atoms with van der Waals surface area (Å²) in [6.07, 6.45) is 0.925. The minimum Gasteiger partial charge on any atom is -0.330 e. The van der Waals surface area contributed by atoms with Crippen molar-refractivity contribution in [1.29, 1.82) is 0 Å². The SMILES string of the molecule is Cn1nc(C(C)(C)C)c2cc(CCN)ccc21. The molecule has 0 amide bonds. The van der Waals surface area contributed by atoms with Crippen molar-refractivity contribution in [2.24, 2.45) is 12.8 Å². The highest BCUT2D eigenvalue weighted by Crippen LogP contribution is 2.29. The van der Waals surface area contributed by atoms with Gasteiger partial charge in [0.05, 0.1) is 11.2 Å². The van der Waals surface area contributed by atoms with E-state index in [1.165, 1.54) is 16.5 Å². The number of aryl methyl sites for hydroxylation is 1. The largest absolute Gasteiger partial charge is 0.330 e. The van der Waals surface area contributed by atoms with Gasteiger partial charge >= 0.3 is 0 Å². The number of benzene rings is 1. The molecule has 0 radical (unpaired) electrons. The number of rotatable bonds is 2. The number of fused-ring (bicyclic) bond motifs is 1. The Hall–Kier alpha value is -1.35. The lowest BCUT2D eigenvalue weighted by Crippen LogP contribution is -2.12. The minimum absolute atomic E-state index is 0.0703. The van der Waals surface area contributed by atoms with Gasteiger partial charge in [-0.3, -0.25) is 4.68 Å². The van der Waals surface area contributed by atoms with Crippen molar-refractivity contribution < 1.29 is 0 Å². The fraction of sp³-hybridized carbons (Fsp3) is 0.500. The first-order valence-corrected chi connectivity index (χ1v) is 6.09. The zero-order valence-electron chi connectivity index (χ0n) is 11.1. The van der Waals surface area contributed by atoms with E-state index in [1.807, 2.05) is 11.7 Å². The Balaban J connectivity index is 2.65. The molecule has 0 bridgehead atoms. The predicted octanol–water partition coefficient (Wildman–Crippen LogP) is 2.37. The molecule has 0 aliphatic carbocycles. The lowest BCUT2D eigenvalue weighted by atomic mass is 9.89. The van der Waals surface area contributed by atoms with E-state index in [0.717, 1.165) is 12.1 Å². The lowest BCUT2D eigenvalue weighted by Gasteiger charge is -2.15. The van der Waals surface area contributed by atoms with E-state index in [9.17, 15) is 0 Å². The Bertz CT molecular complexity index is 532. The van der Waals surface area contributed by atoms with Crippen molar-refractivity contribution in [3.8, 4) is 0 Å². The number of hydrogen-bond acceptors (Lipinski definition) is 2. The van der Waals surface area contributed by atoms with Gasteiger partial charge in [-0.1, -0.05) is 26.8 Å². The van der Waals surface area contributed by atoms with Crippen LogP contribution in [0.5, 0.6) is 0 Å². The molecule has 2 rings (SSSR count). The van der Waals surface area contributed by atoms with Gasteiger partial charge in [-0.25, -0.2) is 0 Å². The molecule has 2 N–H and O–H groups in total. The van der Waals surface area contributed by atoms with Gasteiger partial charge < -0.3 is 5.73 Å². The average molecular weight is 231 g/mol. The highest BCUT2D eigenvalue weighted by Gasteiger charge is 2.21. The Kier molecular flexibility index (Phi) is 2.96. The second-order valence-corrected chi connectivity index (χ2v) is 5.61. The van der Waals surface area contributed by atoms with Crippen LogP contribution in [-0.2, 0) is 18.9 Å². The average Bonchev–Trinajstić information content (AvgIpc) is 2.56. The molecule has 0 aliphatic rings. The summed E-state index contributed by atoms with van der Waals surface area (Å²) in [6, 6.07) is 6.52. The summed E-state index contributed by atoms with van der Waals surface area (Å²) < 4.78 is 1.96. The van der Waals surface area contributed by atoms with E-state index in [1.54, 1.807) is 0 Å². The first-order chi connectivity index (χ1) is 7.93. The third-order valence-corrected chi connectivity index (χ3v) is 3.06. The molecule has 0 aliphatic heterocycles. The van der Waals surface area contributed by atoms with Crippen molar-refractivity contribution in [2.45, 2.75) is 32.6 Å². The summed E-state index contributed by atoms with van der Waals surface area (Å²) in [5.74, 6) is 0. The van der Waals surface area contributed by atoms with Crippen LogP contribution in [0, 0.1) is 0 Å². The first-order valence-electron chi connectivity index (χ1n) is 6.09. The summed E-state index contributed by atoms with van der Waals surface area (Å²) in [6.45, 7) is 7.29. The van der Waals surface area contributed by atoms with Crippen LogP contribution < -0.4 is 5.73 Å². The fourth-order valence-electron chi connectivity index (χ4n) is 2.19. The molecule has 0 fully saturated rings. The number of aromatic nitrogens is 2. The van der Waals surface area contributed by atoms with Crippen LogP contribution in [0.2, 0.25) is 0 Å². The van der Waals surface area contributed by atoms with E-state index in [0.29, 0.717) is 6.54 Å². The Morgan fingerprint density at radius 1 is 1.29 bits per heavy atom. The summed E-state index contributed by atoms with van der Waals surface area (Å²) in [5.41, 5.74) is 9.32. The molecule has 1 aromatic carbocycles. The normalized spacial score (nSPS) is 12.3. The highest BCUT2D eigenvalue weighted by atomic mass is 15.3. The van der Waals surface area contributed by atoms with Gasteiger partial charge in [-0.2, -0.15) is 5.10 Å². The van der Waals surface area contributed by atoms with E-state index >= 15 is 0 Å². The molecule has 17 heavy (non-hydrogen) atoms. The topological polar surface area (TPSA) is 43.8 Å². The molecular formula is C14H21N3. The Morgan fingerprint density at radius 3 is 2.59 bits per heavy atom.